The molecule has 1 heterocycles. The van der Waals surface area contributed by atoms with E-state index in [1.807, 2.05) is 91.9 Å². The zero-order valence-electron chi connectivity index (χ0n) is 18.9. The Morgan fingerprint density at radius 3 is 2.09 bits per heavy atom. The SMILES string of the molecule is Cc1ccc(C=C2SC(=O)N(CCNC(=O)CC(c3ccccc3)c3ccccc3)C2=O)cc1. The van der Waals surface area contributed by atoms with Crippen molar-refractivity contribution in [1.82, 2.24) is 10.2 Å². The molecule has 1 aliphatic rings. The van der Waals surface area contributed by atoms with E-state index in [9.17, 15) is 14.4 Å². The van der Waals surface area contributed by atoms with Crippen molar-refractivity contribution in [3.63, 3.8) is 0 Å². The Bertz CT molecular complexity index is 1150. The Morgan fingerprint density at radius 2 is 1.50 bits per heavy atom. The molecule has 1 saturated heterocycles. The zero-order chi connectivity index (χ0) is 23.9. The second-order valence-electron chi connectivity index (χ2n) is 8.17. The summed E-state index contributed by atoms with van der Waals surface area (Å²) in [5.41, 5.74) is 4.13. The number of hydrogen-bond donors (Lipinski definition) is 1. The smallest absolute Gasteiger partial charge is 0.293 e. The van der Waals surface area contributed by atoms with Crippen LogP contribution in [0.1, 0.15) is 34.6 Å². The average Bonchev–Trinajstić information content (AvgIpc) is 3.12. The minimum absolute atomic E-state index is 0.0722. The van der Waals surface area contributed by atoms with Gasteiger partial charge in [0, 0.05) is 25.4 Å². The fourth-order valence-corrected chi connectivity index (χ4v) is 4.74. The minimum Gasteiger partial charge on any atom is -0.354 e. The summed E-state index contributed by atoms with van der Waals surface area (Å²) in [4.78, 5) is 39.4. The van der Waals surface area contributed by atoms with Gasteiger partial charge in [0.25, 0.3) is 11.1 Å². The van der Waals surface area contributed by atoms with Crippen molar-refractivity contribution in [3.05, 3.63) is 112 Å². The number of nitrogens with zero attached hydrogens (tertiary/aromatic N) is 1. The summed E-state index contributed by atoms with van der Waals surface area (Å²) in [5, 5.41) is 2.56. The first-order valence-corrected chi connectivity index (χ1v) is 12.0. The van der Waals surface area contributed by atoms with Crippen LogP contribution in [0.5, 0.6) is 0 Å². The number of carbonyl (C=O) groups excluding carboxylic acids is 3. The number of aryl methyl sites for hydroxylation is 1. The molecule has 0 saturated carbocycles. The molecule has 4 rings (SSSR count). The van der Waals surface area contributed by atoms with Crippen molar-refractivity contribution < 1.29 is 14.4 Å². The fourth-order valence-electron chi connectivity index (χ4n) is 3.87. The van der Waals surface area contributed by atoms with E-state index >= 15 is 0 Å². The average molecular weight is 471 g/mol. The summed E-state index contributed by atoms with van der Waals surface area (Å²) in [7, 11) is 0. The standard InChI is InChI=1S/C28H26N2O3S/c1-20-12-14-21(15-13-20)18-25-27(32)30(28(33)34-25)17-16-29-26(31)19-24(22-8-4-2-5-9-22)23-10-6-3-7-11-23/h2-15,18,24H,16-17,19H2,1H3,(H,29,31). The van der Waals surface area contributed by atoms with E-state index in [0.717, 1.165) is 34.0 Å². The van der Waals surface area contributed by atoms with Crippen LogP contribution in [0, 0.1) is 6.92 Å². The molecule has 5 nitrogen and oxygen atoms in total. The predicted molar refractivity (Wildman–Crippen MR) is 136 cm³/mol. The largest absolute Gasteiger partial charge is 0.354 e. The van der Waals surface area contributed by atoms with Gasteiger partial charge in [0.2, 0.25) is 5.91 Å². The molecule has 0 aliphatic carbocycles. The lowest BCUT2D eigenvalue weighted by Crippen LogP contribution is -2.37. The molecule has 1 N–H and O–H groups in total. The molecule has 0 spiro atoms. The molecule has 34 heavy (non-hydrogen) atoms. The lowest BCUT2D eigenvalue weighted by atomic mass is 9.88. The molecule has 0 radical (unpaired) electrons. The first-order chi connectivity index (χ1) is 16.5. The van der Waals surface area contributed by atoms with Gasteiger partial charge in [-0.15, -0.1) is 0 Å². The van der Waals surface area contributed by atoms with E-state index in [-0.39, 0.29) is 42.5 Å². The fraction of sp³-hybridized carbons (Fsp3) is 0.179. The second-order valence-corrected chi connectivity index (χ2v) is 9.17. The van der Waals surface area contributed by atoms with E-state index in [2.05, 4.69) is 5.32 Å². The molecule has 6 heteroatoms. The highest BCUT2D eigenvalue weighted by molar-refractivity contribution is 8.18. The number of amides is 3. The molecule has 1 aliphatic heterocycles. The lowest BCUT2D eigenvalue weighted by Gasteiger charge is -2.18. The van der Waals surface area contributed by atoms with Crippen molar-refractivity contribution in [3.8, 4) is 0 Å². The Kier molecular flexibility index (Phi) is 7.60. The van der Waals surface area contributed by atoms with Gasteiger partial charge in [-0.25, -0.2) is 0 Å². The lowest BCUT2D eigenvalue weighted by molar-refractivity contribution is -0.124. The van der Waals surface area contributed by atoms with Gasteiger partial charge in [0.15, 0.2) is 0 Å². The maximum Gasteiger partial charge on any atom is 0.293 e. The van der Waals surface area contributed by atoms with Gasteiger partial charge in [-0.05, 0) is 41.5 Å². The quantitative estimate of drug-likeness (QED) is 0.450. The van der Waals surface area contributed by atoms with Crippen LogP contribution in [0.2, 0.25) is 0 Å². The highest BCUT2D eigenvalue weighted by Gasteiger charge is 2.34. The van der Waals surface area contributed by atoms with Gasteiger partial charge >= 0.3 is 0 Å². The second kappa shape index (κ2) is 11.0. The molecule has 3 aromatic rings. The van der Waals surface area contributed by atoms with Gasteiger partial charge in [0.1, 0.15) is 0 Å². The molecular weight excluding hydrogens is 444 g/mol. The van der Waals surface area contributed by atoms with Crippen LogP contribution < -0.4 is 5.32 Å². The Morgan fingerprint density at radius 1 is 0.912 bits per heavy atom. The molecule has 3 amide bonds. The van der Waals surface area contributed by atoms with Gasteiger partial charge in [-0.1, -0.05) is 90.5 Å². The van der Waals surface area contributed by atoms with Crippen LogP contribution in [0.15, 0.2) is 89.8 Å². The summed E-state index contributed by atoms with van der Waals surface area (Å²) >= 11 is 0.931. The number of hydrogen-bond acceptors (Lipinski definition) is 4. The molecule has 0 unspecified atom stereocenters. The first kappa shape index (κ1) is 23.5. The van der Waals surface area contributed by atoms with Crippen molar-refractivity contribution in [2.45, 2.75) is 19.3 Å². The van der Waals surface area contributed by atoms with Gasteiger partial charge in [-0.3, -0.25) is 19.3 Å². The number of imide groups is 1. The zero-order valence-corrected chi connectivity index (χ0v) is 19.8. The Balaban J connectivity index is 1.35. The summed E-state index contributed by atoms with van der Waals surface area (Å²) in [6.07, 6.45) is 2.01. The highest BCUT2D eigenvalue weighted by Crippen LogP contribution is 2.32. The number of carbonyl (C=O) groups is 3. The number of thioether (sulfide) groups is 1. The maximum absolute atomic E-state index is 12.8. The third kappa shape index (κ3) is 5.83. The molecule has 0 aromatic heterocycles. The predicted octanol–water partition coefficient (Wildman–Crippen LogP) is 5.37. The first-order valence-electron chi connectivity index (χ1n) is 11.2. The van der Waals surface area contributed by atoms with E-state index in [1.54, 1.807) is 6.08 Å². The highest BCUT2D eigenvalue weighted by atomic mass is 32.2. The topological polar surface area (TPSA) is 66.5 Å². The van der Waals surface area contributed by atoms with Gasteiger partial charge in [-0.2, -0.15) is 0 Å². The summed E-state index contributed by atoms with van der Waals surface area (Å²) in [6.45, 7) is 2.35. The number of rotatable bonds is 8. The summed E-state index contributed by atoms with van der Waals surface area (Å²) < 4.78 is 0. The van der Waals surface area contributed by atoms with Crippen LogP contribution in [0.4, 0.5) is 4.79 Å². The third-order valence-electron chi connectivity index (χ3n) is 5.70. The van der Waals surface area contributed by atoms with Crippen molar-refractivity contribution in [2.75, 3.05) is 13.1 Å². The summed E-state index contributed by atoms with van der Waals surface area (Å²) in [6, 6.07) is 27.6. The van der Waals surface area contributed by atoms with Crippen LogP contribution in [-0.2, 0) is 9.59 Å². The Hall–Kier alpha value is -3.64. The maximum atomic E-state index is 12.8. The number of benzene rings is 3. The van der Waals surface area contributed by atoms with Crippen LogP contribution in [0.25, 0.3) is 6.08 Å². The molecular formula is C28H26N2O3S. The van der Waals surface area contributed by atoms with Crippen LogP contribution in [-0.4, -0.2) is 35.0 Å². The van der Waals surface area contributed by atoms with Crippen molar-refractivity contribution >= 4 is 34.9 Å². The molecule has 3 aromatic carbocycles. The molecule has 0 bridgehead atoms. The number of nitrogens with one attached hydrogen (secondary N) is 1. The van der Waals surface area contributed by atoms with E-state index in [1.165, 1.54) is 4.90 Å². The van der Waals surface area contributed by atoms with Crippen LogP contribution in [0.3, 0.4) is 0 Å². The molecule has 0 atom stereocenters. The van der Waals surface area contributed by atoms with Gasteiger partial charge < -0.3 is 5.32 Å². The van der Waals surface area contributed by atoms with Crippen LogP contribution >= 0.6 is 11.8 Å². The van der Waals surface area contributed by atoms with Gasteiger partial charge in [0.05, 0.1) is 4.91 Å². The molecule has 172 valence electrons. The third-order valence-corrected chi connectivity index (χ3v) is 6.61. The van der Waals surface area contributed by atoms with E-state index in [4.69, 9.17) is 0 Å². The van der Waals surface area contributed by atoms with Crippen molar-refractivity contribution in [1.29, 1.82) is 0 Å². The normalized spacial score (nSPS) is 14.8. The van der Waals surface area contributed by atoms with E-state index in [0.29, 0.717) is 4.91 Å². The Labute approximate surface area is 203 Å². The van der Waals surface area contributed by atoms with Crippen molar-refractivity contribution in [2.24, 2.45) is 0 Å². The monoisotopic (exact) mass is 470 g/mol. The minimum atomic E-state index is -0.323. The van der Waals surface area contributed by atoms with E-state index < -0.39 is 0 Å². The summed E-state index contributed by atoms with van der Waals surface area (Å²) in [5.74, 6) is -0.520. The molecule has 1 fully saturated rings.